The molecule has 1 nitrogen and oxygen atoms in total. The minimum absolute atomic E-state index is 1.22. The van der Waals surface area contributed by atoms with E-state index in [0.717, 1.165) is 0 Å². The van der Waals surface area contributed by atoms with Crippen molar-refractivity contribution < 1.29 is 4.57 Å². The van der Waals surface area contributed by atoms with Crippen LogP contribution in [0.15, 0.2) is 54.7 Å². The summed E-state index contributed by atoms with van der Waals surface area (Å²) in [7, 11) is 0. The lowest BCUT2D eigenvalue weighted by atomic mass is 10.2. The molecule has 2 rings (SSSR count). The molecule has 1 aromatic carbocycles. The highest BCUT2D eigenvalue weighted by Crippen LogP contribution is 2.00. The van der Waals surface area contributed by atoms with Gasteiger partial charge in [-0.25, -0.2) is 0 Å². The highest BCUT2D eigenvalue weighted by molar-refractivity contribution is 5.56. The van der Waals surface area contributed by atoms with E-state index in [0.29, 0.717) is 0 Å². The minimum atomic E-state index is 1.22. The highest BCUT2D eigenvalue weighted by atomic mass is 14.9. The maximum atomic E-state index is 2.10. The van der Waals surface area contributed by atoms with Crippen LogP contribution < -0.4 is 4.57 Å². The zero-order valence-electron chi connectivity index (χ0n) is 8.80. The smallest absolute Gasteiger partial charge is 0.171 e. The van der Waals surface area contributed by atoms with E-state index in [4.69, 9.17) is 0 Å². The van der Waals surface area contributed by atoms with Crippen LogP contribution in [-0.2, 0) is 0 Å². The van der Waals surface area contributed by atoms with Gasteiger partial charge in [-0.05, 0) is 5.56 Å². The first-order valence-corrected chi connectivity index (χ1v) is 5.06. The lowest BCUT2D eigenvalue weighted by Crippen LogP contribution is -2.28. The summed E-state index contributed by atoms with van der Waals surface area (Å²) in [4.78, 5) is 0. The first-order chi connectivity index (χ1) is 7.36. The second-order valence-electron chi connectivity index (χ2n) is 3.48. The molecule has 0 saturated carbocycles. The zero-order chi connectivity index (χ0) is 10.5. The Hall–Kier alpha value is -1.89. The fraction of sp³-hybridized carbons (Fsp3) is 0.0714. The van der Waals surface area contributed by atoms with E-state index in [9.17, 15) is 0 Å². The number of benzene rings is 1. The van der Waals surface area contributed by atoms with Gasteiger partial charge in [0.2, 0.25) is 0 Å². The van der Waals surface area contributed by atoms with Crippen LogP contribution in [-0.4, -0.2) is 0 Å². The van der Waals surface area contributed by atoms with Gasteiger partial charge in [-0.3, -0.25) is 0 Å². The molecule has 74 valence electrons. The van der Waals surface area contributed by atoms with Crippen molar-refractivity contribution in [2.24, 2.45) is 0 Å². The molecule has 15 heavy (non-hydrogen) atoms. The van der Waals surface area contributed by atoms with Gasteiger partial charge >= 0.3 is 0 Å². The van der Waals surface area contributed by atoms with Gasteiger partial charge in [0.1, 0.15) is 0 Å². The van der Waals surface area contributed by atoms with Gasteiger partial charge in [0, 0.05) is 25.1 Å². The predicted molar refractivity (Wildman–Crippen MR) is 63.0 cm³/mol. The van der Waals surface area contributed by atoms with Crippen LogP contribution >= 0.6 is 0 Å². The molecule has 0 spiro atoms. The largest absolute Gasteiger partial charge is 0.183 e. The maximum Gasteiger partial charge on any atom is 0.183 e. The predicted octanol–water partition coefficient (Wildman–Crippen LogP) is 2.91. The fourth-order valence-electron chi connectivity index (χ4n) is 1.44. The van der Waals surface area contributed by atoms with Gasteiger partial charge in [0.05, 0.1) is 0 Å². The Bertz CT molecular complexity index is 458. The zero-order valence-corrected chi connectivity index (χ0v) is 8.80. The van der Waals surface area contributed by atoms with Gasteiger partial charge in [0.25, 0.3) is 0 Å². The van der Waals surface area contributed by atoms with Crippen LogP contribution in [0, 0.1) is 6.92 Å². The number of aryl methyl sites for hydroxylation is 1. The van der Waals surface area contributed by atoms with E-state index in [-0.39, 0.29) is 0 Å². The van der Waals surface area contributed by atoms with Gasteiger partial charge in [-0.1, -0.05) is 36.4 Å². The van der Waals surface area contributed by atoms with E-state index in [1.165, 1.54) is 11.3 Å². The van der Waals surface area contributed by atoms with Crippen LogP contribution in [0.5, 0.6) is 0 Å². The number of pyridine rings is 1. The van der Waals surface area contributed by atoms with Crippen molar-refractivity contribution in [1.82, 2.24) is 0 Å². The van der Waals surface area contributed by atoms with Crippen molar-refractivity contribution in [3.05, 3.63) is 66.0 Å². The van der Waals surface area contributed by atoms with Gasteiger partial charge in [-0.15, -0.1) is 0 Å². The Morgan fingerprint density at radius 3 is 2.40 bits per heavy atom. The van der Waals surface area contributed by atoms with E-state index < -0.39 is 0 Å². The Morgan fingerprint density at radius 1 is 0.933 bits per heavy atom. The third-order valence-corrected chi connectivity index (χ3v) is 2.33. The van der Waals surface area contributed by atoms with E-state index in [1.807, 2.05) is 30.3 Å². The second-order valence-corrected chi connectivity index (χ2v) is 3.48. The molecule has 0 amide bonds. The maximum absolute atomic E-state index is 2.10. The number of hydrogen-bond donors (Lipinski definition) is 0. The number of nitrogens with zero attached hydrogens (tertiary/aromatic N) is 1. The van der Waals surface area contributed by atoms with Crippen molar-refractivity contribution in [3.63, 3.8) is 0 Å². The Labute approximate surface area is 90.3 Å². The van der Waals surface area contributed by atoms with Crippen LogP contribution in [0.2, 0.25) is 0 Å². The van der Waals surface area contributed by atoms with Crippen molar-refractivity contribution in [3.8, 4) is 0 Å². The van der Waals surface area contributed by atoms with E-state index in [2.05, 4.69) is 48.2 Å². The molecule has 0 bridgehead atoms. The average molecular weight is 196 g/mol. The van der Waals surface area contributed by atoms with Gasteiger partial charge in [-0.2, -0.15) is 4.57 Å². The van der Waals surface area contributed by atoms with E-state index in [1.54, 1.807) is 0 Å². The van der Waals surface area contributed by atoms with Crippen LogP contribution in [0.25, 0.3) is 12.3 Å². The molecule has 1 heteroatoms. The molecule has 0 fully saturated rings. The molecule has 0 aliphatic rings. The molecule has 1 aromatic heterocycles. The van der Waals surface area contributed by atoms with Gasteiger partial charge in [0.15, 0.2) is 18.1 Å². The first-order valence-electron chi connectivity index (χ1n) is 5.06. The fourth-order valence-corrected chi connectivity index (χ4v) is 1.44. The summed E-state index contributed by atoms with van der Waals surface area (Å²) in [6.45, 7) is 2.09. The standard InChI is InChI=1S/C14H14N/c1-13-7-5-6-11-15(13)12-10-14-8-3-2-4-9-14/h2-12H,1H3/q+1/b12-10+. The number of rotatable bonds is 2. The summed E-state index contributed by atoms with van der Waals surface area (Å²) < 4.78 is 2.10. The third kappa shape index (κ3) is 2.53. The molecule has 0 aliphatic carbocycles. The molecule has 0 saturated heterocycles. The first kappa shape index (κ1) is 9.66. The summed E-state index contributed by atoms with van der Waals surface area (Å²) in [6.07, 6.45) is 6.23. The third-order valence-electron chi connectivity index (χ3n) is 2.33. The Kier molecular flexibility index (Phi) is 2.93. The van der Waals surface area contributed by atoms with Crippen LogP contribution in [0.1, 0.15) is 11.3 Å². The summed E-state index contributed by atoms with van der Waals surface area (Å²) in [5.41, 5.74) is 2.44. The van der Waals surface area contributed by atoms with Crippen LogP contribution in [0.4, 0.5) is 0 Å². The lowest BCUT2D eigenvalue weighted by molar-refractivity contribution is -0.574. The summed E-state index contributed by atoms with van der Waals surface area (Å²) in [5.74, 6) is 0. The number of hydrogen-bond acceptors (Lipinski definition) is 0. The highest BCUT2D eigenvalue weighted by Gasteiger charge is 1.98. The molecule has 2 aromatic rings. The van der Waals surface area contributed by atoms with Crippen LogP contribution in [0.3, 0.4) is 0 Å². The Balaban J connectivity index is 2.23. The molecule has 1 heterocycles. The normalized spacial score (nSPS) is 10.7. The lowest BCUT2D eigenvalue weighted by Gasteiger charge is -1.92. The van der Waals surface area contributed by atoms with Crippen molar-refractivity contribution in [2.75, 3.05) is 0 Å². The molecule has 0 atom stereocenters. The van der Waals surface area contributed by atoms with Crippen molar-refractivity contribution in [1.29, 1.82) is 0 Å². The molecule has 0 unspecified atom stereocenters. The van der Waals surface area contributed by atoms with Gasteiger partial charge < -0.3 is 0 Å². The molecule has 0 N–H and O–H groups in total. The topological polar surface area (TPSA) is 3.88 Å². The summed E-state index contributed by atoms with van der Waals surface area (Å²) in [5, 5.41) is 0. The average Bonchev–Trinajstić information content (AvgIpc) is 2.29. The minimum Gasteiger partial charge on any atom is -0.171 e. The quantitative estimate of drug-likeness (QED) is 0.650. The molecule has 0 aliphatic heterocycles. The molecule has 0 radical (unpaired) electrons. The van der Waals surface area contributed by atoms with Crippen molar-refractivity contribution >= 4 is 12.3 Å². The molecular formula is C14H14N+. The Morgan fingerprint density at radius 2 is 1.67 bits per heavy atom. The van der Waals surface area contributed by atoms with Crippen molar-refractivity contribution in [2.45, 2.75) is 6.92 Å². The van der Waals surface area contributed by atoms with E-state index >= 15 is 0 Å². The summed E-state index contributed by atoms with van der Waals surface area (Å²) >= 11 is 0. The SMILES string of the molecule is Cc1cccc[n+]1/C=C/c1ccccc1. The molecular weight excluding hydrogens is 182 g/mol. The second kappa shape index (κ2) is 4.56. The summed E-state index contributed by atoms with van der Waals surface area (Å²) in [6, 6.07) is 16.5. The number of aromatic nitrogens is 1. The monoisotopic (exact) mass is 196 g/mol.